The van der Waals surface area contributed by atoms with E-state index in [0.29, 0.717) is 16.8 Å². The number of urea groups is 1. The number of imide groups is 1. The quantitative estimate of drug-likeness (QED) is 0.378. The Labute approximate surface area is 182 Å². The Bertz CT molecular complexity index is 1060. The van der Waals surface area contributed by atoms with E-state index < -0.39 is 35.8 Å². The number of benzene rings is 1. The molecule has 1 aliphatic heterocycles. The second kappa shape index (κ2) is 8.06. The second-order valence-electron chi connectivity index (χ2n) is 7.23. The molecule has 2 N–H and O–H groups in total. The third kappa shape index (κ3) is 3.65. The highest BCUT2D eigenvalue weighted by molar-refractivity contribution is 9.10. The number of amides is 3. The maximum Gasteiger partial charge on any atom is 0.340 e. The molecule has 0 unspecified atom stereocenters. The van der Waals surface area contributed by atoms with Crippen LogP contribution in [-0.2, 0) is 15.1 Å². The fourth-order valence-corrected chi connectivity index (χ4v) is 4.00. The molecule has 8 nitrogen and oxygen atoms in total. The Hall–Kier alpha value is -2.94. The first-order chi connectivity index (χ1) is 14.1. The summed E-state index contributed by atoms with van der Waals surface area (Å²) in [6.07, 6.45) is 0. The number of H-pyrrole nitrogens is 1. The van der Waals surface area contributed by atoms with Crippen LogP contribution in [-0.4, -0.2) is 46.7 Å². The van der Waals surface area contributed by atoms with Crippen molar-refractivity contribution in [1.82, 2.24) is 15.2 Å². The molecule has 0 bridgehead atoms. The SMILES string of the molecule is CCOC(=O)c1c(C)[nH]c(C(=O)CN2C(=O)N[C@@](C)(c3cccc(Br)c3)C2=O)c1C. The molecule has 0 spiro atoms. The lowest BCUT2D eigenvalue weighted by Crippen LogP contribution is -2.41. The zero-order valence-electron chi connectivity index (χ0n) is 17.1. The summed E-state index contributed by atoms with van der Waals surface area (Å²) in [4.78, 5) is 54.4. The van der Waals surface area contributed by atoms with Crippen molar-refractivity contribution in [2.75, 3.05) is 13.2 Å². The van der Waals surface area contributed by atoms with Crippen molar-refractivity contribution < 1.29 is 23.9 Å². The number of aromatic nitrogens is 1. The molecule has 0 aliphatic carbocycles. The van der Waals surface area contributed by atoms with Crippen LogP contribution in [0.5, 0.6) is 0 Å². The van der Waals surface area contributed by atoms with Gasteiger partial charge in [0.1, 0.15) is 5.54 Å². The number of aryl methyl sites for hydroxylation is 1. The van der Waals surface area contributed by atoms with Crippen molar-refractivity contribution in [3.8, 4) is 0 Å². The summed E-state index contributed by atoms with van der Waals surface area (Å²) < 4.78 is 5.80. The van der Waals surface area contributed by atoms with Gasteiger partial charge in [-0.05, 0) is 51.0 Å². The van der Waals surface area contributed by atoms with Crippen molar-refractivity contribution in [3.63, 3.8) is 0 Å². The van der Waals surface area contributed by atoms with E-state index in [4.69, 9.17) is 4.74 Å². The number of halogens is 1. The lowest BCUT2D eigenvalue weighted by molar-refractivity contribution is -0.130. The average Bonchev–Trinajstić information content (AvgIpc) is 3.10. The van der Waals surface area contributed by atoms with Gasteiger partial charge in [0.2, 0.25) is 0 Å². The topological polar surface area (TPSA) is 109 Å². The minimum atomic E-state index is -1.28. The normalized spacial score (nSPS) is 18.5. The monoisotopic (exact) mass is 475 g/mol. The molecule has 1 fully saturated rings. The summed E-state index contributed by atoms with van der Waals surface area (Å²) in [6.45, 7) is 6.35. The van der Waals surface area contributed by atoms with E-state index >= 15 is 0 Å². The minimum absolute atomic E-state index is 0.173. The zero-order valence-corrected chi connectivity index (χ0v) is 18.7. The Kier molecular flexibility index (Phi) is 5.85. The summed E-state index contributed by atoms with van der Waals surface area (Å²) in [5, 5.41) is 2.68. The largest absolute Gasteiger partial charge is 0.462 e. The van der Waals surface area contributed by atoms with Crippen LogP contribution in [0.4, 0.5) is 4.79 Å². The number of rotatable bonds is 6. The van der Waals surface area contributed by atoms with Gasteiger partial charge in [0.25, 0.3) is 5.91 Å². The lowest BCUT2D eigenvalue weighted by Gasteiger charge is -2.22. The molecule has 0 radical (unpaired) electrons. The van der Waals surface area contributed by atoms with Gasteiger partial charge in [0, 0.05) is 10.2 Å². The number of esters is 1. The summed E-state index contributed by atoms with van der Waals surface area (Å²) in [5.41, 5.74) is 0.700. The van der Waals surface area contributed by atoms with E-state index in [9.17, 15) is 19.2 Å². The number of ketones is 1. The maximum absolute atomic E-state index is 13.1. The van der Waals surface area contributed by atoms with E-state index in [0.717, 1.165) is 9.37 Å². The van der Waals surface area contributed by atoms with Gasteiger partial charge in [-0.3, -0.25) is 14.5 Å². The van der Waals surface area contributed by atoms with Gasteiger partial charge in [-0.15, -0.1) is 0 Å². The number of aromatic amines is 1. The summed E-state index contributed by atoms with van der Waals surface area (Å²) >= 11 is 3.36. The molecular formula is C21H22BrN3O5. The van der Waals surface area contributed by atoms with Gasteiger partial charge in [-0.2, -0.15) is 0 Å². The van der Waals surface area contributed by atoms with Crippen molar-refractivity contribution in [2.24, 2.45) is 0 Å². The average molecular weight is 476 g/mol. The molecule has 9 heteroatoms. The van der Waals surface area contributed by atoms with Crippen molar-refractivity contribution in [3.05, 3.63) is 56.8 Å². The molecule has 1 aromatic heterocycles. The summed E-state index contributed by atoms with van der Waals surface area (Å²) in [5.74, 6) is -1.53. The fourth-order valence-electron chi connectivity index (χ4n) is 3.60. The van der Waals surface area contributed by atoms with Crippen LogP contribution in [0.25, 0.3) is 0 Å². The van der Waals surface area contributed by atoms with Crippen LogP contribution < -0.4 is 5.32 Å². The van der Waals surface area contributed by atoms with E-state index in [-0.39, 0.29) is 17.9 Å². The summed E-state index contributed by atoms with van der Waals surface area (Å²) in [7, 11) is 0. The number of Topliss-reactive ketones (excluding diaryl/α,β-unsaturated/α-hetero) is 1. The fraction of sp³-hybridized carbons (Fsp3) is 0.333. The Morgan fingerprint density at radius 1 is 1.23 bits per heavy atom. The molecule has 2 heterocycles. The molecule has 1 aliphatic rings. The molecule has 2 aromatic rings. The highest BCUT2D eigenvalue weighted by atomic mass is 79.9. The smallest absolute Gasteiger partial charge is 0.340 e. The van der Waals surface area contributed by atoms with Crippen LogP contribution in [0.1, 0.15) is 51.5 Å². The van der Waals surface area contributed by atoms with Crippen molar-refractivity contribution >= 4 is 39.6 Å². The number of nitrogens with one attached hydrogen (secondary N) is 2. The van der Waals surface area contributed by atoms with Crippen LogP contribution in [0.2, 0.25) is 0 Å². The number of ether oxygens (including phenoxy) is 1. The molecule has 3 rings (SSSR count). The van der Waals surface area contributed by atoms with E-state index in [1.165, 1.54) is 0 Å². The predicted molar refractivity (Wildman–Crippen MR) is 112 cm³/mol. The third-order valence-electron chi connectivity index (χ3n) is 5.17. The van der Waals surface area contributed by atoms with Gasteiger partial charge in [0.15, 0.2) is 5.78 Å². The molecule has 1 aromatic carbocycles. The first kappa shape index (κ1) is 21.8. The zero-order chi connectivity index (χ0) is 22.2. The van der Waals surface area contributed by atoms with Crippen LogP contribution in [0, 0.1) is 13.8 Å². The van der Waals surface area contributed by atoms with Crippen LogP contribution in [0.3, 0.4) is 0 Å². The Balaban J connectivity index is 1.86. The molecule has 3 amide bonds. The standard InChI is InChI=1S/C21H22BrN3O5/c1-5-30-18(27)16-11(2)17(23-12(16)3)15(26)10-25-19(28)21(4,24-20(25)29)13-7-6-8-14(22)9-13/h6-9,23H,5,10H2,1-4H3,(H,24,29)/t21-/m0/s1. The first-order valence-electron chi connectivity index (χ1n) is 9.39. The number of hydrogen-bond acceptors (Lipinski definition) is 5. The van der Waals surface area contributed by atoms with Crippen molar-refractivity contribution in [1.29, 1.82) is 0 Å². The Morgan fingerprint density at radius 3 is 2.57 bits per heavy atom. The van der Waals surface area contributed by atoms with Gasteiger partial charge in [-0.1, -0.05) is 28.1 Å². The lowest BCUT2D eigenvalue weighted by atomic mass is 9.92. The molecule has 30 heavy (non-hydrogen) atoms. The second-order valence-corrected chi connectivity index (χ2v) is 8.14. The van der Waals surface area contributed by atoms with E-state index in [1.54, 1.807) is 45.9 Å². The number of carbonyl (C=O) groups is 4. The highest BCUT2D eigenvalue weighted by Crippen LogP contribution is 2.30. The summed E-state index contributed by atoms with van der Waals surface area (Å²) in [6, 6.07) is 6.40. The number of hydrogen-bond donors (Lipinski definition) is 2. The third-order valence-corrected chi connectivity index (χ3v) is 5.67. The van der Waals surface area contributed by atoms with E-state index in [1.807, 2.05) is 6.07 Å². The predicted octanol–water partition coefficient (Wildman–Crippen LogP) is 3.22. The van der Waals surface area contributed by atoms with Crippen LogP contribution in [0.15, 0.2) is 28.7 Å². The molecule has 158 valence electrons. The molecule has 1 saturated heterocycles. The van der Waals surface area contributed by atoms with Crippen molar-refractivity contribution in [2.45, 2.75) is 33.2 Å². The van der Waals surface area contributed by atoms with Gasteiger partial charge in [0.05, 0.1) is 24.4 Å². The highest BCUT2D eigenvalue weighted by Gasteiger charge is 2.49. The molecule has 0 saturated carbocycles. The van der Waals surface area contributed by atoms with Gasteiger partial charge in [-0.25, -0.2) is 9.59 Å². The van der Waals surface area contributed by atoms with Crippen LogP contribution >= 0.6 is 15.9 Å². The number of nitrogens with zero attached hydrogens (tertiary/aromatic N) is 1. The number of carbonyl (C=O) groups excluding carboxylic acids is 4. The first-order valence-corrected chi connectivity index (χ1v) is 10.2. The van der Waals surface area contributed by atoms with E-state index in [2.05, 4.69) is 26.2 Å². The maximum atomic E-state index is 13.1. The molecular weight excluding hydrogens is 454 g/mol. The van der Waals surface area contributed by atoms with Gasteiger partial charge < -0.3 is 15.0 Å². The minimum Gasteiger partial charge on any atom is -0.462 e. The van der Waals surface area contributed by atoms with Gasteiger partial charge >= 0.3 is 12.0 Å². The molecule has 1 atom stereocenters. The Morgan fingerprint density at radius 2 is 1.93 bits per heavy atom.